The van der Waals surface area contributed by atoms with Gasteiger partial charge in [-0.25, -0.2) is 0 Å². The Kier molecular flexibility index (Phi) is 3.23. The van der Waals surface area contributed by atoms with Crippen LogP contribution in [0.2, 0.25) is 0 Å². The summed E-state index contributed by atoms with van der Waals surface area (Å²) in [5.41, 5.74) is 3.17. The van der Waals surface area contributed by atoms with Crippen LogP contribution >= 0.6 is 11.3 Å². The largest absolute Gasteiger partial charge is 0.372 e. The summed E-state index contributed by atoms with van der Waals surface area (Å²) in [6.45, 7) is 2.54. The summed E-state index contributed by atoms with van der Waals surface area (Å²) in [7, 11) is 1.90. The van der Waals surface area contributed by atoms with Crippen molar-refractivity contribution in [3.63, 3.8) is 0 Å². The lowest BCUT2D eigenvalue weighted by molar-refractivity contribution is 0.654. The van der Waals surface area contributed by atoms with E-state index in [2.05, 4.69) is 21.8 Å². The topological polar surface area (TPSA) is 65.7 Å². The smallest absolute Gasteiger partial charge is 0.107 e. The van der Waals surface area contributed by atoms with Crippen molar-refractivity contribution in [3.8, 4) is 6.07 Å². The molecule has 5 nitrogen and oxygen atoms in total. The second-order valence-electron chi connectivity index (χ2n) is 4.62. The zero-order chi connectivity index (χ0) is 13.2. The first kappa shape index (κ1) is 12.2. The maximum atomic E-state index is 9.34. The third kappa shape index (κ3) is 2.35. The van der Waals surface area contributed by atoms with E-state index >= 15 is 0 Å². The maximum Gasteiger partial charge on any atom is 0.107 e. The number of nitrogens with zero attached hydrogens (tertiary/aromatic N) is 3. The molecule has 0 amide bonds. The zero-order valence-corrected chi connectivity index (χ0v) is 11.5. The first-order valence-corrected chi connectivity index (χ1v) is 7.06. The van der Waals surface area contributed by atoms with Crippen molar-refractivity contribution in [2.45, 2.75) is 19.5 Å². The van der Waals surface area contributed by atoms with Gasteiger partial charge in [-0.3, -0.25) is 4.68 Å². The van der Waals surface area contributed by atoms with E-state index in [4.69, 9.17) is 0 Å². The molecular weight excluding hydrogens is 258 g/mol. The molecule has 1 aliphatic rings. The second-order valence-corrected chi connectivity index (χ2v) is 5.73. The summed E-state index contributed by atoms with van der Waals surface area (Å²) in [5.74, 6) is 0. The van der Waals surface area contributed by atoms with Gasteiger partial charge in [0.15, 0.2) is 0 Å². The van der Waals surface area contributed by atoms with Gasteiger partial charge in [0.2, 0.25) is 0 Å². The van der Waals surface area contributed by atoms with Gasteiger partial charge in [0.25, 0.3) is 0 Å². The number of rotatable bonds is 3. The average molecular weight is 273 g/mol. The lowest BCUT2D eigenvalue weighted by Crippen LogP contribution is -2.22. The van der Waals surface area contributed by atoms with Crippen LogP contribution in [0.15, 0.2) is 12.4 Å². The minimum Gasteiger partial charge on any atom is -0.372 e. The van der Waals surface area contributed by atoms with Crippen molar-refractivity contribution in [2.24, 2.45) is 7.05 Å². The van der Waals surface area contributed by atoms with Crippen molar-refractivity contribution in [1.29, 1.82) is 5.26 Å². The molecule has 1 aliphatic heterocycles. The molecule has 3 heterocycles. The number of fused-ring (bicyclic) bond motifs is 1. The van der Waals surface area contributed by atoms with Crippen molar-refractivity contribution >= 4 is 16.3 Å². The Morgan fingerprint density at radius 3 is 3.26 bits per heavy atom. The first-order chi connectivity index (χ1) is 9.28. The normalized spacial score (nSPS) is 13.9. The summed E-state index contributed by atoms with van der Waals surface area (Å²) in [6, 6.07) is 2.34. The molecule has 98 valence electrons. The van der Waals surface area contributed by atoms with Crippen molar-refractivity contribution in [3.05, 3.63) is 34.0 Å². The van der Waals surface area contributed by atoms with Crippen LogP contribution in [-0.2, 0) is 26.6 Å². The van der Waals surface area contributed by atoms with Gasteiger partial charge < -0.3 is 10.6 Å². The quantitative estimate of drug-likeness (QED) is 0.891. The van der Waals surface area contributed by atoms with Crippen LogP contribution in [0.4, 0.5) is 5.00 Å². The molecule has 0 aromatic carbocycles. The Hall–Kier alpha value is -1.84. The fraction of sp³-hybridized carbons (Fsp3) is 0.385. The third-order valence-corrected chi connectivity index (χ3v) is 4.44. The fourth-order valence-electron chi connectivity index (χ4n) is 2.32. The third-order valence-electron chi connectivity index (χ3n) is 3.25. The number of aromatic nitrogens is 2. The number of thiophene rings is 1. The van der Waals surface area contributed by atoms with Crippen molar-refractivity contribution in [1.82, 2.24) is 15.1 Å². The average Bonchev–Trinajstić information content (AvgIpc) is 2.99. The van der Waals surface area contributed by atoms with Gasteiger partial charge in [0.05, 0.1) is 11.8 Å². The molecule has 0 bridgehead atoms. The van der Waals surface area contributed by atoms with Crippen LogP contribution in [0, 0.1) is 11.3 Å². The predicted octanol–water partition coefficient (Wildman–Crippen LogP) is 1.61. The van der Waals surface area contributed by atoms with Gasteiger partial charge in [0.1, 0.15) is 11.1 Å². The minimum absolute atomic E-state index is 0.704. The highest BCUT2D eigenvalue weighted by atomic mass is 32.1. The molecule has 2 N–H and O–H groups in total. The van der Waals surface area contributed by atoms with Crippen molar-refractivity contribution < 1.29 is 0 Å². The standard InChI is InChI=1S/C13H15N5S/c1-18-8-9(6-17-18)5-16-13-11(4-14)10-2-3-15-7-12(10)19-13/h6,8,15-16H,2-3,5,7H2,1H3. The van der Waals surface area contributed by atoms with E-state index in [9.17, 15) is 5.26 Å². The molecule has 2 aromatic heterocycles. The maximum absolute atomic E-state index is 9.34. The number of anilines is 1. The highest BCUT2D eigenvalue weighted by molar-refractivity contribution is 7.16. The molecule has 0 saturated heterocycles. The zero-order valence-electron chi connectivity index (χ0n) is 10.7. The van der Waals surface area contributed by atoms with Gasteiger partial charge >= 0.3 is 0 Å². The van der Waals surface area contributed by atoms with Gasteiger partial charge in [-0.1, -0.05) is 0 Å². The number of hydrogen-bond donors (Lipinski definition) is 2. The molecule has 19 heavy (non-hydrogen) atoms. The minimum atomic E-state index is 0.704. The van der Waals surface area contributed by atoms with Gasteiger partial charge in [-0.2, -0.15) is 10.4 Å². The Bertz CT molecular complexity index is 634. The molecule has 0 unspecified atom stereocenters. The number of aryl methyl sites for hydroxylation is 1. The number of nitriles is 1. The molecule has 3 rings (SSSR count). The van der Waals surface area contributed by atoms with E-state index in [1.54, 1.807) is 16.0 Å². The summed E-state index contributed by atoms with van der Waals surface area (Å²) >= 11 is 1.69. The van der Waals surface area contributed by atoms with E-state index < -0.39 is 0 Å². The molecule has 0 radical (unpaired) electrons. The van der Waals surface area contributed by atoms with E-state index in [0.717, 1.165) is 35.6 Å². The Labute approximate surface area is 115 Å². The predicted molar refractivity (Wildman–Crippen MR) is 75.0 cm³/mol. The molecule has 0 atom stereocenters. The molecule has 2 aromatic rings. The van der Waals surface area contributed by atoms with Gasteiger partial charge in [0, 0.05) is 36.8 Å². The Morgan fingerprint density at radius 1 is 1.63 bits per heavy atom. The molecule has 0 fully saturated rings. The summed E-state index contributed by atoms with van der Waals surface area (Å²) in [6.07, 6.45) is 4.77. The van der Waals surface area contributed by atoms with Crippen LogP contribution in [0.3, 0.4) is 0 Å². The molecule has 0 saturated carbocycles. The van der Waals surface area contributed by atoms with Crippen LogP contribution < -0.4 is 10.6 Å². The highest BCUT2D eigenvalue weighted by Crippen LogP contribution is 2.34. The van der Waals surface area contributed by atoms with E-state index in [0.29, 0.717) is 6.54 Å². The summed E-state index contributed by atoms with van der Waals surface area (Å²) in [4.78, 5) is 1.29. The molecule has 0 aliphatic carbocycles. The fourth-order valence-corrected chi connectivity index (χ4v) is 3.49. The monoisotopic (exact) mass is 273 g/mol. The second kappa shape index (κ2) is 5.03. The van der Waals surface area contributed by atoms with Crippen LogP contribution in [0.5, 0.6) is 0 Å². The van der Waals surface area contributed by atoms with Gasteiger partial charge in [-0.15, -0.1) is 11.3 Å². The van der Waals surface area contributed by atoms with Crippen LogP contribution in [0.25, 0.3) is 0 Å². The molecule has 6 heteroatoms. The van der Waals surface area contributed by atoms with Crippen molar-refractivity contribution in [2.75, 3.05) is 11.9 Å². The van der Waals surface area contributed by atoms with E-state index in [-0.39, 0.29) is 0 Å². The lowest BCUT2D eigenvalue weighted by atomic mass is 10.1. The molecule has 0 spiro atoms. The number of nitrogens with one attached hydrogen (secondary N) is 2. The molecular formula is C13H15N5S. The van der Waals surface area contributed by atoms with Crippen LogP contribution in [0.1, 0.15) is 21.6 Å². The number of hydrogen-bond acceptors (Lipinski definition) is 5. The lowest BCUT2D eigenvalue weighted by Gasteiger charge is -2.11. The Balaban J connectivity index is 1.81. The SMILES string of the molecule is Cn1cc(CNc2sc3c(c2C#N)CCNC3)cn1. The van der Waals surface area contributed by atoms with Crippen LogP contribution in [-0.4, -0.2) is 16.3 Å². The van der Waals surface area contributed by atoms with E-state index in [1.807, 2.05) is 19.4 Å². The highest BCUT2D eigenvalue weighted by Gasteiger charge is 2.20. The first-order valence-electron chi connectivity index (χ1n) is 6.24. The van der Waals surface area contributed by atoms with Gasteiger partial charge in [-0.05, 0) is 18.5 Å². The summed E-state index contributed by atoms with van der Waals surface area (Å²) < 4.78 is 1.78. The summed E-state index contributed by atoms with van der Waals surface area (Å²) in [5, 5.41) is 21.2. The van der Waals surface area contributed by atoms with E-state index in [1.165, 1.54) is 10.4 Å². The Morgan fingerprint density at radius 2 is 2.53 bits per heavy atom.